The summed E-state index contributed by atoms with van der Waals surface area (Å²) in [5, 5.41) is 21.8. The molecular formula is C32H40O2. The van der Waals surface area contributed by atoms with E-state index in [1.54, 1.807) is 0 Å². The van der Waals surface area contributed by atoms with Gasteiger partial charge in [-0.3, -0.25) is 0 Å². The molecule has 2 bridgehead atoms. The van der Waals surface area contributed by atoms with E-state index in [9.17, 15) is 10.2 Å². The van der Waals surface area contributed by atoms with Crippen LogP contribution >= 0.6 is 0 Å². The Bertz CT molecular complexity index is 1070. The number of aryl methyl sites for hydroxylation is 4. The van der Waals surface area contributed by atoms with Gasteiger partial charge in [-0.05, 0) is 103 Å². The average molecular weight is 457 g/mol. The molecule has 0 amide bonds. The molecule has 0 aromatic heterocycles. The highest BCUT2D eigenvalue weighted by Gasteiger charge is 2.57. The number of benzene rings is 2. The van der Waals surface area contributed by atoms with Gasteiger partial charge < -0.3 is 10.2 Å². The Balaban J connectivity index is 1.72. The standard InChI is InChI=1S/C32H40O2/c1-5-7-9-24-18-26(15-20(3)30(24)33)32(14-13-28-22-11-12-23(17-22)29(28)32)27-16-21(4)31(34)25(19-27)10-8-6-2/h11-16,18-19,22-23,28-29,33-34H,5-10,17H2,1-4H3. The third-order valence-corrected chi connectivity index (χ3v) is 8.94. The van der Waals surface area contributed by atoms with E-state index in [4.69, 9.17) is 0 Å². The smallest absolute Gasteiger partial charge is 0.121 e. The van der Waals surface area contributed by atoms with Crippen LogP contribution in [0.15, 0.2) is 48.6 Å². The van der Waals surface area contributed by atoms with Gasteiger partial charge in [0.1, 0.15) is 11.5 Å². The molecule has 1 saturated carbocycles. The summed E-state index contributed by atoms with van der Waals surface area (Å²) in [6.45, 7) is 8.51. The second-order valence-corrected chi connectivity index (χ2v) is 11.1. The number of unbranched alkanes of at least 4 members (excludes halogenated alkanes) is 2. The van der Waals surface area contributed by atoms with Crippen molar-refractivity contribution in [2.75, 3.05) is 0 Å². The number of fused-ring (bicyclic) bond motifs is 5. The van der Waals surface area contributed by atoms with Crippen molar-refractivity contribution < 1.29 is 10.2 Å². The number of allylic oxidation sites excluding steroid dienone is 4. The minimum absolute atomic E-state index is 0.228. The van der Waals surface area contributed by atoms with Crippen LogP contribution in [0.2, 0.25) is 0 Å². The van der Waals surface area contributed by atoms with E-state index in [0.29, 0.717) is 35.2 Å². The number of hydrogen-bond acceptors (Lipinski definition) is 2. The molecule has 0 heterocycles. The van der Waals surface area contributed by atoms with Crippen LogP contribution in [0, 0.1) is 37.5 Å². The zero-order valence-electron chi connectivity index (χ0n) is 21.3. The summed E-state index contributed by atoms with van der Waals surface area (Å²) in [5.74, 6) is 3.20. The SMILES string of the molecule is CCCCc1cc(C2(c3cc(C)c(O)c(CCCC)c3)C=CC3C4C=CC(C4)C32)cc(C)c1O. The third-order valence-electron chi connectivity index (χ3n) is 8.94. The minimum atomic E-state index is -0.228. The van der Waals surface area contributed by atoms with E-state index in [1.807, 2.05) is 13.8 Å². The molecule has 3 aliphatic carbocycles. The molecule has 3 aliphatic rings. The Kier molecular flexibility index (Phi) is 6.12. The Morgan fingerprint density at radius 2 is 1.29 bits per heavy atom. The van der Waals surface area contributed by atoms with E-state index in [-0.39, 0.29) is 5.41 Å². The molecule has 5 rings (SSSR count). The lowest BCUT2D eigenvalue weighted by atomic mass is 9.62. The van der Waals surface area contributed by atoms with Crippen molar-refractivity contribution in [1.82, 2.24) is 0 Å². The van der Waals surface area contributed by atoms with Crippen molar-refractivity contribution in [3.63, 3.8) is 0 Å². The van der Waals surface area contributed by atoms with Crippen LogP contribution in [0.4, 0.5) is 0 Å². The molecule has 0 radical (unpaired) electrons. The highest BCUT2D eigenvalue weighted by atomic mass is 16.3. The molecule has 2 N–H and O–H groups in total. The first-order chi connectivity index (χ1) is 16.4. The number of phenols is 2. The number of aromatic hydroxyl groups is 2. The zero-order valence-corrected chi connectivity index (χ0v) is 21.3. The van der Waals surface area contributed by atoms with Crippen molar-refractivity contribution in [1.29, 1.82) is 0 Å². The zero-order chi connectivity index (χ0) is 24.0. The molecular weight excluding hydrogens is 416 g/mol. The van der Waals surface area contributed by atoms with E-state index in [1.165, 1.54) is 17.5 Å². The number of hydrogen-bond donors (Lipinski definition) is 2. The van der Waals surface area contributed by atoms with E-state index in [2.05, 4.69) is 62.4 Å². The maximum absolute atomic E-state index is 10.9. The van der Waals surface area contributed by atoms with Crippen LogP contribution in [0.5, 0.6) is 11.5 Å². The molecule has 0 saturated heterocycles. The third kappa shape index (κ3) is 3.53. The van der Waals surface area contributed by atoms with E-state index in [0.717, 1.165) is 60.8 Å². The lowest BCUT2D eigenvalue weighted by Gasteiger charge is -2.41. The van der Waals surface area contributed by atoms with Crippen molar-refractivity contribution >= 4 is 0 Å². The average Bonchev–Trinajstić information content (AvgIpc) is 3.54. The predicted octanol–water partition coefficient (Wildman–Crippen LogP) is 7.69. The Hall–Kier alpha value is -2.48. The molecule has 4 atom stereocenters. The van der Waals surface area contributed by atoms with Gasteiger partial charge in [0, 0.05) is 5.41 Å². The first-order valence-electron chi connectivity index (χ1n) is 13.4. The van der Waals surface area contributed by atoms with Crippen LogP contribution in [-0.2, 0) is 18.3 Å². The maximum Gasteiger partial charge on any atom is 0.121 e. The van der Waals surface area contributed by atoms with Gasteiger partial charge in [0.05, 0.1) is 0 Å². The Labute approximate surface area is 205 Å². The fourth-order valence-corrected chi connectivity index (χ4v) is 7.18. The van der Waals surface area contributed by atoms with Crippen LogP contribution < -0.4 is 0 Å². The molecule has 0 aliphatic heterocycles. The van der Waals surface area contributed by atoms with Crippen LogP contribution in [-0.4, -0.2) is 10.2 Å². The fourth-order valence-electron chi connectivity index (χ4n) is 7.18. The maximum atomic E-state index is 10.9. The lowest BCUT2D eigenvalue weighted by Crippen LogP contribution is -2.37. The van der Waals surface area contributed by atoms with Crippen LogP contribution in [0.1, 0.15) is 79.3 Å². The first kappa shape index (κ1) is 23.3. The minimum Gasteiger partial charge on any atom is -0.507 e. The van der Waals surface area contributed by atoms with Gasteiger partial charge in [-0.15, -0.1) is 0 Å². The number of rotatable bonds is 8. The summed E-state index contributed by atoms with van der Waals surface area (Å²) < 4.78 is 0. The monoisotopic (exact) mass is 456 g/mol. The summed E-state index contributed by atoms with van der Waals surface area (Å²) in [7, 11) is 0. The molecule has 2 heteroatoms. The summed E-state index contributed by atoms with van der Waals surface area (Å²) in [4.78, 5) is 0. The topological polar surface area (TPSA) is 40.5 Å². The molecule has 4 unspecified atom stereocenters. The van der Waals surface area contributed by atoms with Crippen molar-refractivity contribution in [2.24, 2.45) is 23.7 Å². The largest absolute Gasteiger partial charge is 0.507 e. The van der Waals surface area contributed by atoms with Gasteiger partial charge in [-0.25, -0.2) is 0 Å². The fraction of sp³-hybridized carbons (Fsp3) is 0.500. The van der Waals surface area contributed by atoms with Gasteiger partial charge in [-0.1, -0.05) is 75.3 Å². The van der Waals surface area contributed by atoms with Crippen LogP contribution in [0.25, 0.3) is 0 Å². The van der Waals surface area contributed by atoms with E-state index >= 15 is 0 Å². The Morgan fingerprint density at radius 3 is 1.82 bits per heavy atom. The molecule has 1 fully saturated rings. The summed E-state index contributed by atoms with van der Waals surface area (Å²) in [6.07, 6.45) is 17.3. The molecule has 2 nitrogen and oxygen atoms in total. The quantitative estimate of drug-likeness (QED) is 0.400. The second-order valence-electron chi connectivity index (χ2n) is 11.1. The van der Waals surface area contributed by atoms with Gasteiger partial charge in [0.25, 0.3) is 0 Å². The van der Waals surface area contributed by atoms with Gasteiger partial charge in [-0.2, -0.15) is 0 Å². The summed E-state index contributed by atoms with van der Waals surface area (Å²) in [6, 6.07) is 9.07. The predicted molar refractivity (Wildman–Crippen MR) is 141 cm³/mol. The first-order valence-corrected chi connectivity index (χ1v) is 13.4. The molecule has 34 heavy (non-hydrogen) atoms. The van der Waals surface area contributed by atoms with Gasteiger partial charge in [0.2, 0.25) is 0 Å². The molecule has 2 aromatic rings. The molecule has 0 spiro atoms. The molecule has 180 valence electrons. The molecule has 2 aromatic carbocycles. The lowest BCUT2D eigenvalue weighted by molar-refractivity contribution is 0.299. The summed E-state index contributed by atoms with van der Waals surface area (Å²) >= 11 is 0. The number of phenolic OH excluding ortho intramolecular Hbond substituents is 2. The highest BCUT2D eigenvalue weighted by molar-refractivity contribution is 5.58. The van der Waals surface area contributed by atoms with Crippen molar-refractivity contribution in [3.8, 4) is 11.5 Å². The summed E-state index contributed by atoms with van der Waals surface area (Å²) in [5.41, 5.74) is 6.49. The van der Waals surface area contributed by atoms with Gasteiger partial charge in [0.15, 0.2) is 0 Å². The van der Waals surface area contributed by atoms with E-state index < -0.39 is 0 Å². The van der Waals surface area contributed by atoms with Gasteiger partial charge >= 0.3 is 0 Å². The second kappa shape index (κ2) is 8.95. The highest BCUT2D eigenvalue weighted by Crippen LogP contribution is 2.62. The van der Waals surface area contributed by atoms with Crippen molar-refractivity contribution in [3.05, 3.63) is 82.0 Å². The Morgan fingerprint density at radius 1 is 0.765 bits per heavy atom. The normalized spacial score (nSPS) is 25.9. The van der Waals surface area contributed by atoms with Crippen LogP contribution in [0.3, 0.4) is 0 Å². The van der Waals surface area contributed by atoms with Crippen molar-refractivity contribution in [2.45, 2.75) is 78.1 Å².